The monoisotopic (exact) mass is 274 g/mol. The van der Waals surface area contributed by atoms with E-state index >= 15 is 0 Å². The van der Waals surface area contributed by atoms with Gasteiger partial charge in [0.05, 0.1) is 31.0 Å². The lowest BCUT2D eigenvalue weighted by molar-refractivity contribution is -0.133. The minimum atomic E-state index is -0.111. The van der Waals surface area contributed by atoms with Crippen molar-refractivity contribution in [2.75, 3.05) is 13.1 Å². The summed E-state index contributed by atoms with van der Waals surface area (Å²) >= 11 is 0. The summed E-state index contributed by atoms with van der Waals surface area (Å²) in [6.07, 6.45) is 6.49. The molecule has 2 fully saturated rings. The number of hydrogen-bond donors (Lipinski definition) is 1. The molecule has 5 nitrogen and oxygen atoms in total. The van der Waals surface area contributed by atoms with Gasteiger partial charge in [-0.2, -0.15) is 10.5 Å². The van der Waals surface area contributed by atoms with Crippen LogP contribution in [0.2, 0.25) is 0 Å². The first-order valence-corrected chi connectivity index (χ1v) is 7.55. The summed E-state index contributed by atoms with van der Waals surface area (Å²) in [6.45, 7) is 0.870. The van der Waals surface area contributed by atoms with Crippen LogP contribution in [0, 0.1) is 28.6 Å². The Morgan fingerprint density at radius 3 is 2.40 bits per heavy atom. The standard InChI is InChI=1S/C15H22N4O/c16-7-3-9-19(10-4-8-17)15(20)14-11-12-5-1-2-6-13(12)18-14/h12-14,18H,1-6,9-11H2. The second kappa shape index (κ2) is 7.26. The van der Waals surface area contributed by atoms with E-state index in [4.69, 9.17) is 10.5 Å². The van der Waals surface area contributed by atoms with Crippen LogP contribution in [0.15, 0.2) is 0 Å². The van der Waals surface area contributed by atoms with E-state index in [0.29, 0.717) is 37.9 Å². The van der Waals surface area contributed by atoms with Gasteiger partial charge >= 0.3 is 0 Å². The molecule has 108 valence electrons. The zero-order chi connectivity index (χ0) is 14.4. The zero-order valence-corrected chi connectivity index (χ0v) is 11.8. The third-order valence-electron chi connectivity index (χ3n) is 4.46. The molecule has 1 aliphatic heterocycles. The quantitative estimate of drug-likeness (QED) is 0.825. The maximum Gasteiger partial charge on any atom is 0.239 e. The summed E-state index contributed by atoms with van der Waals surface area (Å²) in [5.74, 6) is 0.705. The van der Waals surface area contributed by atoms with E-state index in [0.717, 1.165) is 6.42 Å². The van der Waals surface area contributed by atoms with Crippen molar-refractivity contribution in [3.05, 3.63) is 0 Å². The summed E-state index contributed by atoms with van der Waals surface area (Å²) in [4.78, 5) is 14.2. The second-order valence-electron chi connectivity index (χ2n) is 5.75. The van der Waals surface area contributed by atoms with Crippen LogP contribution in [0.25, 0.3) is 0 Å². The van der Waals surface area contributed by atoms with Gasteiger partial charge < -0.3 is 10.2 Å². The minimum Gasteiger partial charge on any atom is -0.339 e. The Kier molecular flexibility index (Phi) is 5.38. The fourth-order valence-electron chi connectivity index (χ4n) is 3.43. The average molecular weight is 274 g/mol. The molecular weight excluding hydrogens is 252 g/mol. The highest BCUT2D eigenvalue weighted by Gasteiger charge is 2.39. The molecule has 3 atom stereocenters. The number of carbonyl (C=O) groups is 1. The summed E-state index contributed by atoms with van der Waals surface area (Å²) < 4.78 is 0. The third kappa shape index (κ3) is 3.49. The van der Waals surface area contributed by atoms with Crippen molar-refractivity contribution in [1.29, 1.82) is 10.5 Å². The Balaban J connectivity index is 1.93. The first kappa shape index (κ1) is 14.8. The Morgan fingerprint density at radius 1 is 1.15 bits per heavy atom. The molecule has 0 bridgehead atoms. The molecule has 20 heavy (non-hydrogen) atoms. The Labute approximate surface area is 120 Å². The fraction of sp³-hybridized carbons (Fsp3) is 0.800. The van der Waals surface area contributed by atoms with Gasteiger partial charge in [0.2, 0.25) is 5.91 Å². The predicted octanol–water partition coefficient (Wildman–Crippen LogP) is 1.56. The van der Waals surface area contributed by atoms with Crippen LogP contribution >= 0.6 is 0 Å². The lowest BCUT2D eigenvalue weighted by atomic mass is 9.85. The summed E-state index contributed by atoms with van der Waals surface area (Å²) in [6, 6.07) is 4.53. The Bertz CT molecular complexity index is 391. The third-order valence-corrected chi connectivity index (χ3v) is 4.46. The van der Waals surface area contributed by atoms with E-state index in [1.54, 1.807) is 4.90 Å². The highest BCUT2D eigenvalue weighted by molar-refractivity contribution is 5.82. The van der Waals surface area contributed by atoms with Gasteiger partial charge in [-0.1, -0.05) is 12.8 Å². The van der Waals surface area contributed by atoms with Crippen LogP contribution in [0.5, 0.6) is 0 Å². The molecule has 1 N–H and O–H groups in total. The molecule has 0 spiro atoms. The molecule has 1 heterocycles. The number of hydrogen-bond acceptors (Lipinski definition) is 4. The number of nitrogens with zero attached hydrogens (tertiary/aromatic N) is 3. The summed E-state index contributed by atoms with van der Waals surface area (Å²) in [7, 11) is 0. The zero-order valence-electron chi connectivity index (χ0n) is 11.8. The lowest BCUT2D eigenvalue weighted by Gasteiger charge is -2.25. The van der Waals surface area contributed by atoms with E-state index < -0.39 is 0 Å². The number of carbonyl (C=O) groups excluding carboxylic acids is 1. The highest BCUT2D eigenvalue weighted by Crippen LogP contribution is 2.33. The topological polar surface area (TPSA) is 79.9 Å². The van der Waals surface area contributed by atoms with Gasteiger partial charge in [0.1, 0.15) is 0 Å². The summed E-state index contributed by atoms with van der Waals surface area (Å²) in [5.41, 5.74) is 0. The molecule has 2 rings (SSSR count). The molecule has 1 aliphatic carbocycles. The number of rotatable bonds is 5. The van der Waals surface area contributed by atoms with Crippen LogP contribution < -0.4 is 5.32 Å². The fourth-order valence-corrected chi connectivity index (χ4v) is 3.43. The van der Waals surface area contributed by atoms with Crippen molar-refractivity contribution in [2.45, 2.75) is 57.0 Å². The summed E-state index contributed by atoms with van der Waals surface area (Å²) in [5, 5.41) is 20.8. The maximum atomic E-state index is 12.5. The van der Waals surface area contributed by atoms with Gasteiger partial charge in [0.15, 0.2) is 0 Å². The van der Waals surface area contributed by atoms with Crippen LogP contribution in [0.3, 0.4) is 0 Å². The van der Waals surface area contributed by atoms with Crippen LogP contribution in [0.1, 0.15) is 44.9 Å². The van der Waals surface area contributed by atoms with E-state index in [1.165, 1.54) is 25.7 Å². The molecule has 1 saturated heterocycles. The molecule has 1 saturated carbocycles. The molecule has 0 aromatic rings. The van der Waals surface area contributed by atoms with E-state index in [9.17, 15) is 4.79 Å². The molecule has 5 heteroatoms. The van der Waals surface area contributed by atoms with Gasteiger partial charge in [-0.3, -0.25) is 4.79 Å². The first-order valence-electron chi connectivity index (χ1n) is 7.55. The van der Waals surface area contributed by atoms with Crippen molar-refractivity contribution >= 4 is 5.91 Å². The lowest BCUT2D eigenvalue weighted by Crippen LogP contribution is -2.46. The smallest absolute Gasteiger partial charge is 0.239 e. The van der Waals surface area contributed by atoms with Gasteiger partial charge in [0.25, 0.3) is 0 Å². The predicted molar refractivity (Wildman–Crippen MR) is 74.3 cm³/mol. The molecule has 0 radical (unpaired) electrons. The van der Waals surface area contributed by atoms with Gasteiger partial charge in [-0.15, -0.1) is 0 Å². The van der Waals surface area contributed by atoms with E-state index in [2.05, 4.69) is 17.5 Å². The van der Waals surface area contributed by atoms with Crippen molar-refractivity contribution in [3.8, 4) is 12.1 Å². The van der Waals surface area contributed by atoms with E-state index in [1.807, 2.05) is 0 Å². The number of fused-ring (bicyclic) bond motifs is 1. The minimum absolute atomic E-state index is 0.0740. The second-order valence-corrected chi connectivity index (χ2v) is 5.75. The molecule has 2 aliphatic rings. The molecule has 1 amide bonds. The van der Waals surface area contributed by atoms with Crippen LogP contribution in [-0.2, 0) is 4.79 Å². The Morgan fingerprint density at radius 2 is 1.80 bits per heavy atom. The SMILES string of the molecule is N#CCCN(CCC#N)C(=O)C1CC2CCCCC2N1. The normalized spacial score (nSPS) is 28.2. The van der Waals surface area contributed by atoms with Crippen molar-refractivity contribution in [3.63, 3.8) is 0 Å². The van der Waals surface area contributed by atoms with Crippen LogP contribution in [-0.4, -0.2) is 36.0 Å². The van der Waals surface area contributed by atoms with Gasteiger partial charge in [-0.05, 0) is 25.2 Å². The van der Waals surface area contributed by atoms with Gasteiger partial charge in [0, 0.05) is 19.1 Å². The molecular formula is C15H22N4O. The molecule has 0 aromatic heterocycles. The largest absolute Gasteiger partial charge is 0.339 e. The maximum absolute atomic E-state index is 12.5. The van der Waals surface area contributed by atoms with Gasteiger partial charge in [-0.25, -0.2) is 0 Å². The number of amides is 1. The Hall–Kier alpha value is -1.59. The molecule has 3 unspecified atom stereocenters. The molecule has 0 aromatic carbocycles. The van der Waals surface area contributed by atoms with Crippen molar-refractivity contribution in [1.82, 2.24) is 10.2 Å². The van der Waals surface area contributed by atoms with E-state index in [-0.39, 0.29) is 11.9 Å². The number of nitrogens with one attached hydrogen (secondary N) is 1. The van der Waals surface area contributed by atoms with Crippen LogP contribution in [0.4, 0.5) is 0 Å². The van der Waals surface area contributed by atoms with Crippen molar-refractivity contribution < 1.29 is 4.79 Å². The average Bonchev–Trinajstić information content (AvgIpc) is 2.90. The highest BCUT2D eigenvalue weighted by atomic mass is 16.2. The van der Waals surface area contributed by atoms with Crippen molar-refractivity contribution in [2.24, 2.45) is 5.92 Å². The first-order chi connectivity index (χ1) is 9.76. The number of nitriles is 2.